The number of nitrogens with one attached hydrogen (secondary N) is 1. The molecule has 0 fully saturated rings. The highest BCUT2D eigenvalue weighted by Gasteiger charge is 2.29. The number of ether oxygens (including phenoxy) is 1. The average molecular weight is 431 g/mol. The molecule has 3 aromatic rings. The minimum atomic E-state index is -1.32. The normalized spacial score (nSPS) is 14.2. The molecule has 2 atom stereocenters. The molecule has 1 amide bonds. The van der Waals surface area contributed by atoms with E-state index in [9.17, 15) is 19.8 Å². The Morgan fingerprint density at radius 2 is 1.66 bits per heavy atom. The fourth-order valence-electron chi connectivity index (χ4n) is 4.21. The van der Waals surface area contributed by atoms with Crippen LogP contribution in [0.4, 0.5) is 4.79 Å². The Morgan fingerprint density at radius 1 is 1.03 bits per heavy atom. The number of fused-ring (bicyclic) bond motifs is 3. The van der Waals surface area contributed by atoms with Gasteiger partial charge in [0.1, 0.15) is 25.1 Å². The van der Waals surface area contributed by atoms with Crippen molar-refractivity contribution in [3.05, 3.63) is 94.5 Å². The number of aliphatic hydroxyl groups is 2. The van der Waals surface area contributed by atoms with Crippen LogP contribution in [-0.2, 0) is 4.74 Å². The lowest BCUT2D eigenvalue weighted by molar-refractivity contribution is 0.0182. The Hall–Kier alpha value is -3.48. The topological polar surface area (TPSA) is 95.9 Å². The number of carbonyl (C=O) groups excluding carboxylic acids is 2. The van der Waals surface area contributed by atoms with Crippen molar-refractivity contribution in [2.24, 2.45) is 0 Å². The van der Waals surface area contributed by atoms with E-state index in [4.69, 9.17) is 4.74 Å². The predicted molar refractivity (Wildman–Crippen MR) is 121 cm³/mol. The summed E-state index contributed by atoms with van der Waals surface area (Å²) in [5.41, 5.74) is 5.96. The van der Waals surface area contributed by atoms with Gasteiger partial charge in [-0.1, -0.05) is 72.3 Å². The van der Waals surface area contributed by atoms with Gasteiger partial charge in [0.05, 0.1) is 0 Å². The van der Waals surface area contributed by atoms with Gasteiger partial charge >= 0.3 is 6.09 Å². The van der Waals surface area contributed by atoms with Crippen LogP contribution >= 0.6 is 0 Å². The van der Waals surface area contributed by atoms with Crippen LogP contribution in [0.25, 0.3) is 11.1 Å². The average Bonchev–Trinajstić information content (AvgIpc) is 3.14. The molecule has 0 saturated carbocycles. The maximum atomic E-state index is 12.3. The molecule has 0 aliphatic heterocycles. The van der Waals surface area contributed by atoms with Gasteiger partial charge in [0.15, 0.2) is 0 Å². The Balaban J connectivity index is 1.36. The predicted octanol–water partition coefficient (Wildman–Crippen LogP) is 3.74. The monoisotopic (exact) mass is 431 g/mol. The molecule has 2 unspecified atom stereocenters. The van der Waals surface area contributed by atoms with Crippen LogP contribution in [0.1, 0.15) is 44.6 Å². The van der Waals surface area contributed by atoms with Crippen molar-refractivity contribution in [3.63, 3.8) is 0 Å². The Kier molecular flexibility index (Phi) is 6.35. The first-order valence-corrected chi connectivity index (χ1v) is 10.5. The Morgan fingerprint density at radius 3 is 2.28 bits per heavy atom. The van der Waals surface area contributed by atoms with E-state index in [0.29, 0.717) is 17.4 Å². The summed E-state index contributed by atoms with van der Waals surface area (Å²) in [7, 11) is 0. The Labute approximate surface area is 186 Å². The Bertz CT molecular complexity index is 1100. The summed E-state index contributed by atoms with van der Waals surface area (Å²) in [5.74, 6) is -0.0638. The number of carbonyl (C=O) groups is 2. The third kappa shape index (κ3) is 4.28. The van der Waals surface area contributed by atoms with E-state index in [2.05, 4.69) is 17.4 Å². The second-order valence-corrected chi connectivity index (χ2v) is 7.97. The number of hydrogen-bond donors (Lipinski definition) is 3. The summed E-state index contributed by atoms with van der Waals surface area (Å²) in [6, 6.07) is 21.1. The zero-order valence-electron chi connectivity index (χ0n) is 17.7. The summed E-state index contributed by atoms with van der Waals surface area (Å²) >= 11 is 0. The molecule has 0 bridgehead atoms. The van der Waals surface area contributed by atoms with Crippen LogP contribution in [0.2, 0.25) is 0 Å². The molecule has 6 nitrogen and oxygen atoms in total. The SMILES string of the molecule is Cc1ccc(C=O)c(C(O)C(O)CNC(=O)OCC2c3ccccc3-c3ccccc32)c1. The first kappa shape index (κ1) is 21.7. The van der Waals surface area contributed by atoms with Gasteiger partial charge in [0, 0.05) is 18.0 Å². The van der Waals surface area contributed by atoms with E-state index >= 15 is 0 Å². The molecule has 3 aromatic carbocycles. The fraction of sp³-hybridized carbons (Fsp3) is 0.231. The molecule has 0 spiro atoms. The quantitative estimate of drug-likeness (QED) is 0.496. The van der Waals surface area contributed by atoms with E-state index in [0.717, 1.165) is 27.8 Å². The van der Waals surface area contributed by atoms with E-state index < -0.39 is 18.3 Å². The standard InChI is InChI=1S/C26H25NO5/c1-16-10-11-17(14-28)22(12-16)25(30)24(29)13-27-26(31)32-15-23-20-8-4-2-6-18(20)19-7-3-5-9-21(19)23/h2-12,14,23-25,29-30H,13,15H2,1H3,(H,27,31). The van der Waals surface area contributed by atoms with Gasteiger partial charge in [0.2, 0.25) is 0 Å². The number of aliphatic hydroxyl groups excluding tert-OH is 2. The van der Waals surface area contributed by atoms with Gasteiger partial charge in [-0.2, -0.15) is 0 Å². The van der Waals surface area contributed by atoms with Gasteiger partial charge in [-0.3, -0.25) is 4.79 Å². The largest absolute Gasteiger partial charge is 0.449 e. The number of aldehydes is 1. The number of amides is 1. The van der Waals surface area contributed by atoms with Crippen LogP contribution in [0.3, 0.4) is 0 Å². The number of benzene rings is 3. The molecule has 3 N–H and O–H groups in total. The van der Waals surface area contributed by atoms with Crippen LogP contribution in [0.5, 0.6) is 0 Å². The van der Waals surface area contributed by atoms with E-state index in [1.165, 1.54) is 0 Å². The molecule has 0 radical (unpaired) electrons. The molecular weight excluding hydrogens is 406 g/mol. The molecule has 0 heterocycles. The summed E-state index contributed by atoms with van der Waals surface area (Å²) in [6.45, 7) is 1.77. The van der Waals surface area contributed by atoms with Crippen molar-refractivity contribution in [3.8, 4) is 11.1 Å². The fourth-order valence-corrected chi connectivity index (χ4v) is 4.21. The highest BCUT2D eigenvalue weighted by Crippen LogP contribution is 2.44. The minimum absolute atomic E-state index is 0.0638. The number of aryl methyl sites for hydroxylation is 1. The number of rotatable bonds is 7. The summed E-state index contributed by atoms with van der Waals surface area (Å²) in [6.07, 6.45) is -2.66. The highest BCUT2D eigenvalue weighted by atomic mass is 16.5. The first-order valence-electron chi connectivity index (χ1n) is 10.5. The zero-order valence-corrected chi connectivity index (χ0v) is 17.7. The van der Waals surface area contributed by atoms with Crippen molar-refractivity contribution in [1.82, 2.24) is 5.32 Å². The van der Waals surface area contributed by atoms with Crippen molar-refractivity contribution < 1.29 is 24.5 Å². The lowest BCUT2D eigenvalue weighted by atomic mass is 9.97. The molecular formula is C26H25NO5. The minimum Gasteiger partial charge on any atom is -0.449 e. The maximum absolute atomic E-state index is 12.3. The zero-order chi connectivity index (χ0) is 22.7. The number of alkyl carbamates (subject to hydrolysis) is 1. The molecule has 32 heavy (non-hydrogen) atoms. The van der Waals surface area contributed by atoms with Gasteiger partial charge in [-0.05, 0) is 34.7 Å². The van der Waals surface area contributed by atoms with Gasteiger partial charge in [-0.15, -0.1) is 0 Å². The molecule has 1 aliphatic rings. The first-order chi connectivity index (χ1) is 15.5. The van der Waals surface area contributed by atoms with E-state index in [1.807, 2.05) is 43.3 Å². The van der Waals surface area contributed by atoms with Gasteiger partial charge < -0.3 is 20.3 Å². The smallest absolute Gasteiger partial charge is 0.407 e. The van der Waals surface area contributed by atoms with Crippen molar-refractivity contribution in [1.29, 1.82) is 0 Å². The molecule has 1 aliphatic carbocycles. The lowest BCUT2D eigenvalue weighted by Crippen LogP contribution is -2.36. The van der Waals surface area contributed by atoms with Crippen LogP contribution in [0, 0.1) is 6.92 Å². The summed E-state index contributed by atoms with van der Waals surface area (Å²) in [4.78, 5) is 23.5. The summed E-state index contributed by atoms with van der Waals surface area (Å²) < 4.78 is 5.44. The third-order valence-electron chi connectivity index (χ3n) is 5.85. The second-order valence-electron chi connectivity index (χ2n) is 7.97. The molecule has 4 rings (SSSR count). The van der Waals surface area contributed by atoms with Gasteiger partial charge in [0.25, 0.3) is 0 Å². The van der Waals surface area contributed by atoms with Crippen molar-refractivity contribution in [2.45, 2.75) is 25.0 Å². The van der Waals surface area contributed by atoms with Gasteiger partial charge in [-0.25, -0.2) is 4.79 Å². The molecule has 6 heteroatoms. The van der Waals surface area contributed by atoms with Crippen molar-refractivity contribution >= 4 is 12.4 Å². The molecule has 0 saturated heterocycles. The van der Waals surface area contributed by atoms with Crippen LogP contribution < -0.4 is 5.32 Å². The van der Waals surface area contributed by atoms with E-state index in [-0.39, 0.29) is 19.1 Å². The molecule has 0 aromatic heterocycles. The summed E-state index contributed by atoms with van der Waals surface area (Å²) in [5, 5.41) is 23.3. The second kappa shape index (κ2) is 9.34. The third-order valence-corrected chi connectivity index (χ3v) is 5.85. The lowest BCUT2D eigenvalue weighted by Gasteiger charge is -2.21. The van der Waals surface area contributed by atoms with E-state index in [1.54, 1.807) is 18.2 Å². The highest BCUT2D eigenvalue weighted by molar-refractivity contribution is 5.79. The van der Waals surface area contributed by atoms with Crippen LogP contribution in [-0.4, -0.2) is 41.8 Å². The van der Waals surface area contributed by atoms with Crippen LogP contribution in [0.15, 0.2) is 66.7 Å². The molecule has 164 valence electrons. The van der Waals surface area contributed by atoms with Crippen molar-refractivity contribution in [2.75, 3.05) is 13.2 Å². The maximum Gasteiger partial charge on any atom is 0.407 e. The number of hydrogen-bond acceptors (Lipinski definition) is 5.